The van der Waals surface area contributed by atoms with Crippen molar-refractivity contribution in [2.75, 3.05) is 19.6 Å². The van der Waals surface area contributed by atoms with Crippen LogP contribution in [0.2, 0.25) is 0 Å². The van der Waals surface area contributed by atoms with E-state index in [0.29, 0.717) is 10.7 Å². The topological polar surface area (TPSA) is 108 Å². The first-order valence-electron chi connectivity index (χ1n) is 13.0. The van der Waals surface area contributed by atoms with Gasteiger partial charge in [0.15, 0.2) is 10.3 Å². The highest BCUT2D eigenvalue weighted by molar-refractivity contribution is 7.98. The summed E-state index contributed by atoms with van der Waals surface area (Å²) in [4.78, 5) is 29.2. The quantitative estimate of drug-likeness (QED) is 0.134. The van der Waals surface area contributed by atoms with Crippen molar-refractivity contribution < 1.29 is 14.6 Å². The fraction of sp³-hybridized carbons (Fsp3) is 0.194. The van der Waals surface area contributed by atoms with Gasteiger partial charge in [0.05, 0.1) is 29.3 Å². The van der Waals surface area contributed by atoms with E-state index in [1.807, 2.05) is 88.6 Å². The largest absolute Gasteiger partial charge is 0.465 e. The van der Waals surface area contributed by atoms with Gasteiger partial charge in [0.2, 0.25) is 0 Å². The minimum atomic E-state index is -0.873. The monoisotopic (exact) mass is 598 g/mol. The van der Waals surface area contributed by atoms with Gasteiger partial charge in [-0.25, -0.2) is 24.7 Å². The summed E-state index contributed by atoms with van der Waals surface area (Å²) in [6, 6.07) is 19.1. The number of aliphatic hydroxyl groups is 1. The molecule has 42 heavy (non-hydrogen) atoms. The Kier molecular flexibility index (Phi) is 8.62. The molecular formula is C31H30N6O3S2. The van der Waals surface area contributed by atoms with E-state index < -0.39 is 5.60 Å². The van der Waals surface area contributed by atoms with Crippen molar-refractivity contribution in [3.63, 3.8) is 0 Å². The second-order valence-electron chi connectivity index (χ2n) is 9.70. The number of esters is 1. The fourth-order valence-corrected chi connectivity index (χ4v) is 5.39. The van der Waals surface area contributed by atoms with Gasteiger partial charge in [-0.3, -0.25) is 0 Å². The molecule has 4 heterocycles. The van der Waals surface area contributed by atoms with Crippen LogP contribution >= 0.6 is 23.5 Å². The van der Waals surface area contributed by atoms with Crippen LogP contribution in [0.15, 0.2) is 95.8 Å². The smallest absolute Gasteiger partial charge is 0.338 e. The molecule has 0 aliphatic heterocycles. The highest BCUT2D eigenvalue weighted by Gasteiger charge is 2.20. The van der Waals surface area contributed by atoms with Gasteiger partial charge in [0, 0.05) is 35.6 Å². The van der Waals surface area contributed by atoms with Gasteiger partial charge in [0.1, 0.15) is 11.6 Å². The van der Waals surface area contributed by atoms with Crippen molar-refractivity contribution in [3.05, 3.63) is 96.6 Å². The van der Waals surface area contributed by atoms with Gasteiger partial charge in [-0.05, 0) is 74.4 Å². The Morgan fingerprint density at radius 1 is 0.786 bits per heavy atom. The van der Waals surface area contributed by atoms with Crippen molar-refractivity contribution in [3.8, 4) is 11.6 Å². The predicted octanol–water partition coefficient (Wildman–Crippen LogP) is 6.30. The molecule has 2 aromatic carbocycles. The highest BCUT2D eigenvalue weighted by atomic mass is 32.2. The summed E-state index contributed by atoms with van der Waals surface area (Å²) in [6.45, 7) is 3.60. The summed E-state index contributed by atoms with van der Waals surface area (Å²) >= 11 is 3.01. The molecule has 0 radical (unpaired) electrons. The van der Waals surface area contributed by atoms with Crippen LogP contribution in [0.1, 0.15) is 29.8 Å². The lowest BCUT2D eigenvalue weighted by Crippen LogP contribution is -2.15. The van der Waals surface area contributed by atoms with E-state index in [2.05, 4.69) is 19.9 Å². The first-order chi connectivity index (χ1) is 20.2. The van der Waals surface area contributed by atoms with Crippen molar-refractivity contribution >= 4 is 51.3 Å². The molecule has 11 heteroatoms. The Hall–Kier alpha value is -4.19. The number of fused-ring (bicyclic) bond motifs is 2. The maximum atomic E-state index is 11.8. The molecule has 0 atom stereocenters. The van der Waals surface area contributed by atoms with E-state index in [1.165, 1.54) is 30.6 Å². The van der Waals surface area contributed by atoms with E-state index in [1.54, 1.807) is 32.3 Å². The Morgan fingerprint density at radius 2 is 1.31 bits per heavy atom. The summed E-state index contributed by atoms with van der Waals surface area (Å²) in [5.74, 6) is 1.26. The third-order valence-corrected chi connectivity index (χ3v) is 7.75. The summed E-state index contributed by atoms with van der Waals surface area (Å²) < 4.78 is 8.77. The van der Waals surface area contributed by atoms with Gasteiger partial charge < -0.3 is 19.0 Å². The molecule has 0 aliphatic rings. The lowest BCUT2D eigenvalue weighted by atomic mass is 9.95. The molecule has 0 spiro atoms. The molecule has 1 N–H and O–H groups in total. The Morgan fingerprint density at radius 3 is 1.83 bits per heavy atom. The maximum Gasteiger partial charge on any atom is 0.338 e. The number of nitrogens with zero attached hydrogens (tertiary/aromatic N) is 6. The molecule has 0 fully saturated rings. The van der Waals surface area contributed by atoms with Crippen LogP contribution < -0.4 is 0 Å². The summed E-state index contributed by atoms with van der Waals surface area (Å²) in [7, 11) is 1.38. The normalized spacial score (nSPS) is 11.4. The van der Waals surface area contributed by atoms with Gasteiger partial charge >= 0.3 is 5.97 Å². The number of hydrogen-bond acceptors (Lipinski definition) is 9. The zero-order valence-electron chi connectivity index (χ0n) is 23.8. The number of carbonyl (C=O) groups excluding carboxylic acids is 1. The number of thioether (sulfide) groups is 2. The van der Waals surface area contributed by atoms with Gasteiger partial charge in [-0.1, -0.05) is 41.7 Å². The minimum Gasteiger partial charge on any atom is -0.465 e. The number of ether oxygens (including phenoxy) is 1. The molecule has 9 nitrogen and oxygen atoms in total. The average molecular weight is 599 g/mol. The van der Waals surface area contributed by atoms with Crippen LogP contribution in [0.3, 0.4) is 0 Å². The first kappa shape index (κ1) is 29.3. The zero-order valence-corrected chi connectivity index (χ0v) is 25.5. The summed E-state index contributed by atoms with van der Waals surface area (Å²) in [6.07, 6.45) is 11.3. The molecule has 6 aromatic rings. The Balaban J connectivity index is 0.000000168. The number of benzene rings is 2. The molecule has 4 aromatic heterocycles. The van der Waals surface area contributed by atoms with Gasteiger partial charge in [-0.2, -0.15) is 0 Å². The van der Waals surface area contributed by atoms with Gasteiger partial charge in [0.25, 0.3) is 0 Å². The van der Waals surface area contributed by atoms with Crippen molar-refractivity contribution in [1.82, 2.24) is 29.1 Å². The molecule has 0 saturated heterocycles. The standard InChI is InChI=1S/C16H17N3OS.C15H13N3O2S/c1-16(2,20)12-5-4-6-13-11(12)8-10-19(13)14-7-9-17-15(18-14)21-3;1-20-14(19)11-4-3-5-12-10(11)7-9-18(12)13-6-8-16-15(17-13)21-2/h4-10,20H,1-3H3;3-9H,1-2H3. The molecule has 0 bridgehead atoms. The van der Waals surface area contributed by atoms with E-state index in [4.69, 9.17) is 4.74 Å². The molecular weight excluding hydrogens is 569 g/mol. The van der Waals surface area contributed by atoms with Crippen LogP contribution in [-0.2, 0) is 10.3 Å². The molecule has 214 valence electrons. The van der Waals surface area contributed by atoms with Crippen molar-refractivity contribution in [2.45, 2.75) is 29.8 Å². The minimum absolute atomic E-state index is 0.342. The summed E-state index contributed by atoms with van der Waals surface area (Å²) in [5.41, 5.74) is 2.52. The summed E-state index contributed by atoms with van der Waals surface area (Å²) in [5, 5.41) is 13.6. The second kappa shape index (κ2) is 12.4. The van der Waals surface area contributed by atoms with Crippen molar-refractivity contribution in [2.24, 2.45) is 0 Å². The van der Waals surface area contributed by atoms with E-state index in [0.717, 1.165) is 44.2 Å². The van der Waals surface area contributed by atoms with E-state index >= 15 is 0 Å². The molecule has 0 saturated carbocycles. The third-order valence-electron chi connectivity index (χ3n) is 6.63. The number of methoxy groups -OCH3 is 1. The lowest BCUT2D eigenvalue weighted by Gasteiger charge is -2.19. The second-order valence-corrected chi connectivity index (χ2v) is 11.2. The van der Waals surface area contributed by atoms with Crippen LogP contribution in [0.25, 0.3) is 33.4 Å². The van der Waals surface area contributed by atoms with Crippen LogP contribution in [0.5, 0.6) is 0 Å². The third kappa shape index (κ3) is 5.89. The Bertz CT molecular complexity index is 1880. The van der Waals surface area contributed by atoms with Crippen LogP contribution in [0, 0.1) is 0 Å². The molecule has 0 aliphatic carbocycles. The first-order valence-corrected chi connectivity index (χ1v) is 15.5. The highest BCUT2D eigenvalue weighted by Crippen LogP contribution is 2.30. The maximum absolute atomic E-state index is 11.8. The zero-order chi connectivity index (χ0) is 29.9. The van der Waals surface area contributed by atoms with Gasteiger partial charge in [-0.15, -0.1) is 0 Å². The van der Waals surface area contributed by atoms with E-state index in [9.17, 15) is 9.90 Å². The van der Waals surface area contributed by atoms with Crippen molar-refractivity contribution in [1.29, 1.82) is 0 Å². The fourth-order valence-electron chi connectivity index (χ4n) is 4.68. The Labute approximate surface area is 252 Å². The number of rotatable bonds is 6. The molecule has 0 unspecified atom stereocenters. The SMILES string of the molecule is COC(=O)c1cccc2c1ccn2-c1ccnc(SC)n1.CSc1nccc(-n2ccc3c(C(C)(C)O)cccc32)n1. The molecule has 6 rings (SSSR count). The predicted molar refractivity (Wildman–Crippen MR) is 168 cm³/mol. The number of aromatic nitrogens is 6. The average Bonchev–Trinajstić information content (AvgIpc) is 3.65. The lowest BCUT2D eigenvalue weighted by molar-refractivity contribution is 0.0602. The van der Waals surface area contributed by atoms with Crippen LogP contribution in [-0.4, -0.2) is 59.8 Å². The van der Waals surface area contributed by atoms with Crippen LogP contribution in [0.4, 0.5) is 0 Å². The number of hydrogen-bond donors (Lipinski definition) is 1. The van der Waals surface area contributed by atoms with E-state index in [-0.39, 0.29) is 5.97 Å². The molecule has 0 amide bonds. The number of carbonyl (C=O) groups is 1.